The van der Waals surface area contributed by atoms with Crippen LogP contribution in [0.3, 0.4) is 0 Å². The van der Waals surface area contributed by atoms with E-state index in [0.717, 1.165) is 26.7 Å². The number of hydrogen-bond acceptors (Lipinski definition) is 4. The molecule has 1 heterocycles. The van der Waals surface area contributed by atoms with E-state index in [-0.39, 0.29) is 5.91 Å². The number of anilines is 1. The van der Waals surface area contributed by atoms with Crippen molar-refractivity contribution in [1.29, 1.82) is 0 Å². The molecule has 0 atom stereocenters. The minimum atomic E-state index is -0.0392. The zero-order valence-corrected chi connectivity index (χ0v) is 14.9. The summed E-state index contributed by atoms with van der Waals surface area (Å²) >= 11 is 4.86. The first kappa shape index (κ1) is 15.6. The number of rotatable bonds is 5. The number of aromatic nitrogens is 3. The third kappa shape index (κ3) is 3.52. The molecule has 3 rings (SSSR count). The summed E-state index contributed by atoms with van der Waals surface area (Å²) in [6.07, 6.45) is 2.39. The molecule has 0 unspecified atom stereocenters. The Hall–Kier alpha value is -1.34. The molecule has 22 heavy (non-hydrogen) atoms. The van der Waals surface area contributed by atoms with Crippen molar-refractivity contribution in [3.05, 3.63) is 34.1 Å². The smallest absolute Gasteiger partial charge is 0.234 e. The molecular formula is C15H17BrN4OS. The molecule has 0 spiro atoms. The van der Waals surface area contributed by atoms with Crippen LogP contribution in [-0.4, -0.2) is 26.4 Å². The van der Waals surface area contributed by atoms with E-state index in [9.17, 15) is 4.79 Å². The van der Waals surface area contributed by atoms with E-state index in [4.69, 9.17) is 0 Å². The van der Waals surface area contributed by atoms with Gasteiger partial charge in [-0.1, -0.05) is 27.7 Å². The third-order valence-electron chi connectivity index (χ3n) is 3.59. The lowest BCUT2D eigenvalue weighted by atomic mass is 10.2. The fourth-order valence-electron chi connectivity index (χ4n) is 2.20. The van der Waals surface area contributed by atoms with Crippen molar-refractivity contribution < 1.29 is 4.79 Å². The Morgan fingerprint density at radius 3 is 2.91 bits per heavy atom. The molecule has 1 aliphatic carbocycles. The minimum Gasteiger partial charge on any atom is -0.325 e. The van der Waals surface area contributed by atoms with Crippen LogP contribution in [0.5, 0.6) is 0 Å². The molecule has 1 aliphatic rings. The molecule has 1 N–H and O–H groups in total. The maximum Gasteiger partial charge on any atom is 0.234 e. The summed E-state index contributed by atoms with van der Waals surface area (Å²) in [5.74, 6) is 1.88. The van der Waals surface area contributed by atoms with E-state index < -0.39 is 0 Å². The highest BCUT2D eigenvalue weighted by Gasteiger charge is 2.29. The molecular weight excluding hydrogens is 364 g/mol. The molecule has 7 heteroatoms. The summed E-state index contributed by atoms with van der Waals surface area (Å²) in [7, 11) is 1.96. The minimum absolute atomic E-state index is 0.0392. The molecule has 1 fully saturated rings. The second-order valence-corrected chi connectivity index (χ2v) is 7.27. The zero-order valence-electron chi connectivity index (χ0n) is 12.5. The highest BCUT2D eigenvalue weighted by molar-refractivity contribution is 9.10. The van der Waals surface area contributed by atoms with Gasteiger partial charge in [0.15, 0.2) is 5.16 Å². The number of carbonyl (C=O) groups is 1. The van der Waals surface area contributed by atoms with Gasteiger partial charge in [0.05, 0.1) is 5.75 Å². The molecule has 116 valence electrons. The van der Waals surface area contributed by atoms with E-state index >= 15 is 0 Å². The molecule has 5 nitrogen and oxygen atoms in total. The molecule has 1 amide bonds. The van der Waals surface area contributed by atoms with Crippen LogP contribution in [0.1, 0.15) is 30.1 Å². The van der Waals surface area contributed by atoms with Gasteiger partial charge in [-0.3, -0.25) is 4.79 Å². The van der Waals surface area contributed by atoms with Crippen molar-refractivity contribution in [2.45, 2.75) is 30.8 Å². The van der Waals surface area contributed by atoms with Crippen molar-refractivity contribution in [3.8, 4) is 0 Å². The van der Waals surface area contributed by atoms with Crippen LogP contribution in [0.2, 0.25) is 0 Å². The summed E-state index contributed by atoms with van der Waals surface area (Å²) in [6, 6.07) is 5.76. The van der Waals surface area contributed by atoms with Crippen LogP contribution >= 0.6 is 27.7 Å². The summed E-state index contributed by atoms with van der Waals surface area (Å²) in [5, 5.41) is 12.1. The highest BCUT2D eigenvalue weighted by atomic mass is 79.9. The van der Waals surface area contributed by atoms with Gasteiger partial charge in [-0.25, -0.2) is 0 Å². The first-order valence-electron chi connectivity index (χ1n) is 7.12. The predicted octanol–water partition coefficient (Wildman–Crippen LogP) is 3.49. The van der Waals surface area contributed by atoms with Gasteiger partial charge in [0.25, 0.3) is 0 Å². The van der Waals surface area contributed by atoms with Gasteiger partial charge in [-0.05, 0) is 43.5 Å². The first-order chi connectivity index (χ1) is 10.5. The van der Waals surface area contributed by atoms with Crippen LogP contribution in [-0.2, 0) is 11.8 Å². The second kappa shape index (κ2) is 6.42. The molecule has 1 aromatic heterocycles. The summed E-state index contributed by atoms with van der Waals surface area (Å²) in [6.45, 7) is 1.99. The Morgan fingerprint density at radius 2 is 2.23 bits per heavy atom. The van der Waals surface area contributed by atoms with E-state index in [1.807, 2.05) is 36.7 Å². The second-order valence-electron chi connectivity index (χ2n) is 5.47. The van der Waals surface area contributed by atoms with Crippen LogP contribution in [0, 0.1) is 6.92 Å². The van der Waals surface area contributed by atoms with Gasteiger partial charge < -0.3 is 9.88 Å². The fraction of sp³-hybridized carbons (Fsp3) is 0.400. The van der Waals surface area contributed by atoms with Gasteiger partial charge in [0, 0.05) is 23.1 Å². The van der Waals surface area contributed by atoms with Gasteiger partial charge in [-0.15, -0.1) is 10.2 Å². The molecule has 0 saturated heterocycles. The predicted molar refractivity (Wildman–Crippen MR) is 91.2 cm³/mol. The number of amides is 1. The maximum absolute atomic E-state index is 12.0. The van der Waals surface area contributed by atoms with Crippen molar-refractivity contribution in [2.24, 2.45) is 7.05 Å². The topological polar surface area (TPSA) is 59.8 Å². The Morgan fingerprint density at radius 1 is 1.45 bits per heavy atom. The van der Waals surface area contributed by atoms with Crippen molar-refractivity contribution >= 4 is 39.3 Å². The number of carbonyl (C=O) groups excluding carboxylic acids is 1. The summed E-state index contributed by atoms with van der Waals surface area (Å²) < 4.78 is 3.03. The van der Waals surface area contributed by atoms with Crippen LogP contribution in [0.25, 0.3) is 0 Å². The van der Waals surface area contributed by atoms with E-state index in [2.05, 4.69) is 31.4 Å². The fourth-order valence-corrected chi connectivity index (χ4v) is 3.16. The van der Waals surface area contributed by atoms with Crippen LogP contribution in [0.4, 0.5) is 5.69 Å². The van der Waals surface area contributed by atoms with E-state index in [0.29, 0.717) is 11.7 Å². The number of nitrogens with one attached hydrogen (secondary N) is 1. The molecule has 0 bridgehead atoms. The van der Waals surface area contributed by atoms with Gasteiger partial charge in [0.1, 0.15) is 5.82 Å². The van der Waals surface area contributed by atoms with Crippen molar-refractivity contribution in [3.63, 3.8) is 0 Å². The Bertz CT molecular complexity index is 712. The SMILES string of the molecule is Cc1cc(NC(=O)CSc2nnc(C3CC3)n2C)ccc1Br. The third-order valence-corrected chi connectivity index (χ3v) is 5.50. The molecule has 1 saturated carbocycles. The quantitative estimate of drug-likeness (QED) is 0.806. The Kier molecular flexibility index (Phi) is 4.54. The number of thioether (sulfide) groups is 1. The lowest BCUT2D eigenvalue weighted by molar-refractivity contribution is -0.113. The molecule has 1 aromatic carbocycles. The first-order valence-corrected chi connectivity index (χ1v) is 8.90. The van der Waals surface area contributed by atoms with E-state index in [1.165, 1.54) is 24.6 Å². The molecule has 0 radical (unpaired) electrons. The highest BCUT2D eigenvalue weighted by Crippen LogP contribution is 2.39. The van der Waals surface area contributed by atoms with Gasteiger partial charge in [-0.2, -0.15) is 0 Å². The lowest BCUT2D eigenvalue weighted by Crippen LogP contribution is -2.14. The number of nitrogens with zero attached hydrogens (tertiary/aromatic N) is 3. The number of benzene rings is 1. The lowest BCUT2D eigenvalue weighted by Gasteiger charge is -2.07. The normalized spacial score (nSPS) is 14.1. The van der Waals surface area contributed by atoms with Gasteiger partial charge >= 0.3 is 0 Å². The number of halogens is 1. The molecule has 2 aromatic rings. The van der Waals surface area contributed by atoms with Crippen LogP contribution < -0.4 is 5.32 Å². The molecule has 0 aliphatic heterocycles. The number of aryl methyl sites for hydroxylation is 1. The number of hydrogen-bond donors (Lipinski definition) is 1. The van der Waals surface area contributed by atoms with Crippen molar-refractivity contribution in [2.75, 3.05) is 11.1 Å². The average Bonchev–Trinajstić information content (AvgIpc) is 3.25. The monoisotopic (exact) mass is 380 g/mol. The van der Waals surface area contributed by atoms with E-state index in [1.54, 1.807) is 0 Å². The summed E-state index contributed by atoms with van der Waals surface area (Å²) in [4.78, 5) is 12.0. The largest absolute Gasteiger partial charge is 0.325 e. The average molecular weight is 381 g/mol. The standard InChI is InChI=1S/C15H17BrN4OS/c1-9-7-11(5-6-12(9)16)17-13(21)8-22-15-19-18-14(20(15)2)10-3-4-10/h5-7,10H,3-4,8H2,1-2H3,(H,17,21). The van der Waals surface area contributed by atoms with Gasteiger partial charge in [0.2, 0.25) is 5.91 Å². The summed E-state index contributed by atoms with van der Waals surface area (Å²) in [5.41, 5.74) is 1.90. The zero-order chi connectivity index (χ0) is 15.7. The van der Waals surface area contributed by atoms with Crippen molar-refractivity contribution in [1.82, 2.24) is 14.8 Å². The Balaban J connectivity index is 1.56. The Labute approximate surface area is 142 Å². The maximum atomic E-state index is 12.0. The van der Waals surface area contributed by atoms with Crippen LogP contribution in [0.15, 0.2) is 27.8 Å².